The Kier molecular flexibility index (Phi) is 5.93. The molecule has 2 aliphatic rings. The first-order valence-corrected chi connectivity index (χ1v) is 11.2. The molecule has 3 aromatic rings. The summed E-state index contributed by atoms with van der Waals surface area (Å²) >= 11 is 0. The van der Waals surface area contributed by atoms with Gasteiger partial charge in [-0.05, 0) is 30.7 Å². The molecule has 2 amide bonds. The van der Waals surface area contributed by atoms with Crippen LogP contribution < -0.4 is 4.90 Å². The van der Waals surface area contributed by atoms with Crippen molar-refractivity contribution in [2.24, 2.45) is 5.10 Å². The minimum Gasteiger partial charge on any atom is -0.493 e. The van der Waals surface area contributed by atoms with E-state index in [-0.39, 0.29) is 29.2 Å². The summed E-state index contributed by atoms with van der Waals surface area (Å²) in [7, 11) is 0. The van der Waals surface area contributed by atoms with Crippen LogP contribution in [0.25, 0.3) is 5.82 Å². The van der Waals surface area contributed by atoms with Gasteiger partial charge in [0.05, 0.1) is 29.6 Å². The molecule has 1 N–H and O–H groups in total. The first-order valence-electron chi connectivity index (χ1n) is 11.2. The molecule has 13 heteroatoms. The SMILES string of the molecule is Cc1cc(O)n(-c2nc(N3CCN(C(=O)N4N=CCC4c4cc(F)cc(C#N)c4)CC3)ncc2F)n1. The molecule has 0 radical (unpaired) electrons. The summed E-state index contributed by atoms with van der Waals surface area (Å²) in [5.74, 6) is -1.46. The number of hydrazone groups is 1. The number of hydrogen-bond acceptors (Lipinski definition) is 8. The predicted octanol–water partition coefficient (Wildman–Crippen LogP) is 2.50. The van der Waals surface area contributed by atoms with Crippen LogP contribution in [-0.2, 0) is 0 Å². The maximum absolute atomic E-state index is 14.4. The lowest BCUT2D eigenvalue weighted by molar-refractivity contribution is 0.139. The van der Waals surface area contributed by atoms with Crippen LogP contribution >= 0.6 is 0 Å². The number of aromatic nitrogens is 4. The largest absolute Gasteiger partial charge is 0.493 e. The van der Waals surface area contributed by atoms with Gasteiger partial charge < -0.3 is 14.9 Å². The van der Waals surface area contributed by atoms with Crippen molar-refractivity contribution in [2.45, 2.75) is 19.4 Å². The monoisotopic (exact) mass is 493 g/mol. The Morgan fingerprint density at radius 3 is 2.64 bits per heavy atom. The van der Waals surface area contributed by atoms with E-state index in [0.717, 1.165) is 16.9 Å². The number of nitrogens with zero attached hydrogens (tertiary/aromatic N) is 9. The molecule has 2 aromatic heterocycles. The summed E-state index contributed by atoms with van der Waals surface area (Å²) in [6, 6.07) is 6.48. The fourth-order valence-electron chi connectivity index (χ4n) is 4.28. The molecule has 1 unspecified atom stereocenters. The summed E-state index contributed by atoms with van der Waals surface area (Å²) in [6.07, 6.45) is 3.02. The number of carbonyl (C=O) groups is 1. The molecular formula is C23H21F2N9O2. The molecule has 1 fully saturated rings. The molecule has 0 aliphatic carbocycles. The van der Waals surface area contributed by atoms with Crippen LogP contribution in [-0.4, -0.2) is 73.2 Å². The quantitative estimate of drug-likeness (QED) is 0.594. The molecule has 1 saturated heterocycles. The summed E-state index contributed by atoms with van der Waals surface area (Å²) in [5, 5.41) is 28.7. The standard InChI is InChI=1S/C23H21F2N9O2/c1-14-8-20(35)34(30-14)21-18(25)13-27-22(29-21)31-4-6-32(7-5-31)23(36)33-19(2-3-28-33)16-9-15(12-26)10-17(24)11-16/h3,8-11,13,19,35H,2,4-7H2,1H3. The number of benzene rings is 1. The number of urea groups is 1. The molecule has 4 heterocycles. The van der Waals surface area contributed by atoms with Crippen molar-refractivity contribution in [1.29, 1.82) is 5.26 Å². The van der Waals surface area contributed by atoms with E-state index in [4.69, 9.17) is 5.26 Å². The molecule has 36 heavy (non-hydrogen) atoms. The zero-order valence-corrected chi connectivity index (χ0v) is 19.2. The average molecular weight is 493 g/mol. The van der Waals surface area contributed by atoms with Crippen LogP contribution in [0.15, 0.2) is 35.6 Å². The number of hydrogen-bond donors (Lipinski definition) is 1. The Hall–Kier alpha value is -4.60. The van der Waals surface area contributed by atoms with Crippen LogP contribution in [0.3, 0.4) is 0 Å². The predicted molar refractivity (Wildman–Crippen MR) is 123 cm³/mol. The van der Waals surface area contributed by atoms with E-state index in [1.807, 2.05) is 6.07 Å². The zero-order chi connectivity index (χ0) is 25.4. The van der Waals surface area contributed by atoms with Crippen molar-refractivity contribution in [3.8, 4) is 17.8 Å². The van der Waals surface area contributed by atoms with Crippen molar-refractivity contribution in [3.63, 3.8) is 0 Å². The second kappa shape index (κ2) is 9.21. The van der Waals surface area contributed by atoms with Crippen LogP contribution in [0.5, 0.6) is 5.88 Å². The topological polar surface area (TPSA) is 127 Å². The number of halogens is 2. The van der Waals surface area contributed by atoms with Gasteiger partial charge in [-0.3, -0.25) is 0 Å². The number of piperazine rings is 1. The van der Waals surface area contributed by atoms with Crippen molar-refractivity contribution >= 4 is 18.2 Å². The number of amides is 2. The number of rotatable bonds is 3. The highest BCUT2D eigenvalue weighted by Gasteiger charge is 2.34. The normalized spacial score (nSPS) is 17.5. The maximum Gasteiger partial charge on any atom is 0.341 e. The van der Waals surface area contributed by atoms with E-state index >= 15 is 0 Å². The first-order chi connectivity index (χ1) is 17.3. The first kappa shape index (κ1) is 23.2. The number of nitriles is 1. The second-order valence-corrected chi connectivity index (χ2v) is 8.43. The van der Waals surface area contributed by atoms with Gasteiger partial charge in [-0.1, -0.05) is 0 Å². The number of anilines is 1. The third-order valence-electron chi connectivity index (χ3n) is 6.02. The Morgan fingerprint density at radius 1 is 1.17 bits per heavy atom. The molecule has 0 spiro atoms. The minimum absolute atomic E-state index is 0.176. The highest BCUT2D eigenvalue weighted by atomic mass is 19.1. The maximum atomic E-state index is 14.4. The van der Waals surface area contributed by atoms with E-state index in [1.165, 1.54) is 17.1 Å². The summed E-state index contributed by atoms with van der Waals surface area (Å²) in [6.45, 7) is 3.07. The number of aromatic hydroxyl groups is 1. The Balaban J connectivity index is 1.29. The van der Waals surface area contributed by atoms with Gasteiger partial charge in [0, 0.05) is 44.9 Å². The van der Waals surface area contributed by atoms with E-state index in [2.05, 4.69) is 20.2 Å². The fraction of sp³-hybridized carbons (Fsp3) is 0.304. The summed E-state index contributed by atoms with van der Waals surface area (Å²) in [5.41, 5.74) is 1.18. The third-order valence-corrected chi connectivity index (χ3v) is 6.02. The van der Waals surface area contributed by atoms with Gasteiger partial charge in [-0.25, -0.2) is 23.6 Å². The molecule has 0 bridgehead atoms. The molecule has 5 rings (SSSR count). The Morgan fingerprint density at radius 2 is 1.94 bits per heavy atom. The van der Waals surface area contributed by atoms with Crippen LogP contribution in [0.2, 0.25) is 0 Å². The molecule has 184 valence electrons. The van der Waals surface area contributed by atoms with Crippen LogP contribution in [0.1, 0.15) is 29.3 Å². The van der Waals surface area contributed by atoms with Gasteiger partial charge in [0.1, 0.15) is 5.82 Å². The summed E-state index contributed by atoms with van der Waals surface area (Å²) < 4.78 is 29.4. The smallest absolute Gasteiger partial charge is 0.341 e. The Bertz CT molecular complexity index is 1390. The number of carbonyl (C=O) groups excluding carboxylic acids is 1. The lowest BCUT2D eigenvalue weighted by atomic mass is 10.0. The highest BCUT2D eigenvalue weighted by Crippen LogP contribution is 2.31. The second-order valence-electron chi connectivity index (χ2n) is 8.43. The lowest BCUT2D eigenvalue weighted by Crippen LogP contribution is -2.52. The fourth-order valence-corrected chi connectivity index (χ4v) is 4.28. The van der Waals surface area contributed by atoms with Crippen LogP contribution in [0.4, 0.5) is 19.5 Å². The molecule has 1 atom stereocenters. The molecule has 1 aromatic carbocycles. The van der Waals surface area contributed by atoms with Crippen molar-refractivity contribution in [2.75, 3.05) is 31.1 Å². The van der Waals surface area contributed by atoms with Gasteiger partial charge in [0.15, 0.2) is 11.6 Å². The average Bonchev–Trinajstić information content (AvgIpc) is 3.49. The third kappa shape index (κ3) is 4.28. The molecular weight excluding hydrogens is 472 g/mol. The zero-order valence-electron chi connectivity index (χ0n) is 19.2. The molecule has 11 nitrogen and oxygen atoms in total. The van der Waals surface area contributed by atoms with Crippen molar-refractivity contribution in [3.05, 3.63) is 58.9 Å². The molecule has 0 saturated carbocycles. The minimum atomic E-state index is -0.735. The van der Waals surface area contributed by atoms with Gasteiger partial charge >= 0.3 is 6.03 Å². The van der Waals surface area contributed by atoms with E-state index in [9.17, 15) is 18.7 Å². The lowest BCUT2D eigenvalue weighted by Gasteiger charge is -2.37. The van der Waals surface area contributed by atoms with Gasteiger partial charge in [-0.2, -0.15) is 25.1 Å². The highest BCUT2D eigenvalue weighted by molar-refractivity contribution is 5.78. The Labute approximate surface area is 204 Å². The molecule has 2 aliphatic heterocycles. The van der Waals surface area contributed by atoms with Crippen molar-refractivity contribution in [1.82, 2.24) is 29.7 Å². The van der Waals surface area contributed by atoms with Crippen LogP contribution in [0, 0.1) is 29.9 Å². The summed E-state index contributed by atoms with van der Waals surface area (Å²) in [4.78, 5) is 25.0. The van der Waals surface area contributed by atoms with Crippen molar-refractivity contribution < 1.29 is 18.7 Å². The van der Waals surface area contributed by atoms with E-state index in [1.54, 1.807) is 29.0 Å². The van der Waals surface area contributed by atoms with Gasteiger partial charge in [0.2, 0.25) is 11.8 Å². The van der Waals surface area contributed by atoms with Gasteiger partial charge in [0.25, 0.3) is 0 Å². The van der Waals surface area contributed by atoms with E-state index < -0.39 is 17.7 Å². The van der Waals surface area contributed by atoms with Gasteiger partial charge in [-0.15, -0.1) is 0 Å². The van der Waals surface area contributed by atoms with E-state index in [0.29, 0.717) is 43.9 Å². The number of aryl methyl sites for hydroxylation is 1.